The number of rotatable bonds is 2. The molecule has 3 heteroatoms. The molecule has 0 aromatic carbocycles. The van der Waals surface area contributed by atoms with Gasteiger partial charge in [-0.25, -0.2) is 0 Å². The highest BCUT2D eigenvalue weighted by molar-refractivity contribution is 5.08. The van der Waals surface area contributed by atoms with Crippen LogP contribution in [-0.4, -0.2) is 5.11 Å². The molecule has 0 aliphatic carbocycles. The number of nitrogens with two attached hydrogens (primary N) is 1. The van der Waals surface area contributed by atoms with Crippen molar-refractivity contribution in [1.29, 1.82) is 0 Å². The van der Waals surface area contributed by atoms with Gasteiger partial charge in [-0.05, 0) is 19.1 Å². The lowest BCUT2D eigenvalue weighted by molar-refractivity contribution is 0.242. The first-order valence-electron chi connectivity index (χ1n) is 3.19. The number of hydrogen-bond acceptors (Lipinski definition) is 3. The zero-order valence-electron chi connectivity index (χ0n) is 5.87. The Morgan fingerprint density at radius 1 is 1.70 bits per heavy atom. The van der Waals surface area contributed by atoms with Crippen LogP contribution in [0.25, 0.3) is 0 Å². The lowest BCUT2D eigenvalue weighted by Gasteiger charge is -1.97. The highest BCUT2D eigenvalue weighted by atomic mass is 16.4. The normalized spacial score (nSPS) is 13.5. The second-order valence-corrected chi connectivity index (χ2v) is 2.25. The summed E-state index contributed by atoms with van der Waals surface area (Å²) >= 11 is 0. The van der Waals surface area contributed by atoms with E-state index < -0.39 is 0 Å². The lowest BCUT2D eigenvalue weighted by Crippen LogP contribution is -2.02. The van der Waals surface area contributed by atoms with Gasteiger partial charge in [0.15, 0.2) is 0 Å². The fourth-order valence-corrected chi connectivity index (χ4v) is 0.724. The maximum Gasteiger partial charge on any atom is 0.129 e. The van der Waals surface area contributed by atoms with Crippen LogP contribution in [-0.2, 0) is 6.61 Å². The quantitative estimate of drug-likeness (QED) is 0.640. The minimum Gasteiger partial charge on any atom is -0.462 e. The van der Waals surface area contributed by atoms with Crippen LogP contribution < -0.4 is 5.73 Å². The van der Waals surface area contributed by atoms with Gasteiger partial charge in [0, 0.05) is 0 Å². The molecule has 1 aromatic rings. The largest absolute Gasteiger partial charge is 0.462 e. The molecular weight excluding hydrogens is 130 g/mol. The average molecular weight is 141 g/mol. The summed E-state index contributed by atoms with van der Waals surface area (Å²) in [5, 5.41) is 8.60. The maximum atomic E-state index is 8.60. The monoisotopic (exact) mass is 141 g/mol. The Hall–Kier alpha value is -0.800. The van der Waals surface area contributed by atoms with Gasteiger partial charge in [-0.1, -0.05) is 0 Å². The first-order valence-corrected chi connectivity index (χ1v) is 3.19. The van der Waals surface area contributed by atoms with Crippen LogP contribution in [0.5, 0.6) is 0 Å². The Labute approximate surface area is 59.5 Å². The molecular formula is C7H11NO2. The van der Waals surface area contributed by atoms with Crippen LogP contribution >= 0.6 is 0 Å². The minimum absolute atomic E-state index is 0.0628. The predicted molar refractivity (Wildman–Crippen MR) is 37.2 cm³/mol. The Bertz CT molecular complexity index is 205. The number of aliphatic hydroxyl groups excluding tert-OH is 1. The molecule has 1 aromatic heterocycles. The van der Waals surface area contributed by atoms with Crippen molar-refractivity contribution in [1.82, 2.24) is 0 Å². The molecule has 1 heterocycles. The third kappa shape index (κ3) is 1.37. The van der Waals surface area contributed by atoms with Gasteiger partial charge >= 0.3 is 0 Å². The van der Waals surface area contributed by atoms with Crippen LogP contribution in [0.2, 0.25) is 0 Å². The Balaban J connectivity index is 2.78. The van der Waals surface area contributed by atoms with Crippen molar-refractivity contribution in [2.75, 3.05) is 0 Å². The van der Waals surface area contributed by atoms with Crippen molar-refractivity contribution in [3.05, 3.63) is 23.7 Å². The number of hydrogen-bond donors (Lipinski definition) is 2. The fourth-order valence-electron chi connectivity index (χ4n) is 0.724. The molecule has 3 N–H and O–H groups in total. The molecule has 0 unspecified atom stereocenters. The van der Waals surface area contributed by atoms with Crippen molar-refractivity contribution in [2.45, 2.75) is 19.6 Å². The van der Waals surface area contributed by atoms with Crippen LogP contribution in [0.15, 0.2) is 16.5 Å². The summed E-state index contributed by atoms with van der Waals surface area (Å²) in [4.78, 5) is 0. The van der Waals surface area contributed by atoms with Crippen molar-refractivity contribution in [3.8, 4) is 0 Å². The van der Waals surface area contributed by atoms with E-state index in [0.717, 1.165) is 0 Å². The minimum atomic E-state index is -0.0969. The summed E-state index contributed by atoms with van der Waals surface area (Å²) in [6.45, 7) is 1.77. The van der Waals surface area contributed by atoms with Gasteiger partial charge in [0.2, 0.25) is 0 Å². The summed E-state index contributed by atoms with van der Waals surface area (Å²) < 4.78 is 5.12. The number of aliphatic hydroxyl groups is 1. The topological polar surface area (TPSA) is 59.4 Å². The van der Waals surface area contributed by atoms with Gasteiger partial charge in [0.05, 0.1) is 6.04 Å². The van der Waals surface area contributed by atoms with E-state index in [1.165, 1.54) is 0 Å². The molecule has 0 saturated heterocycles. The Morgan fingerprint density at radius 2 is 2.40 bits per heavy atom. The first-order chi connectivity index (χ1) is 4.74. The molecule has 0 amide bonds. The van der Waals surface area contributed by atoms with Gasteiger partial charge in [-0.3, -0.25) is 0 Å². The third-order valence-corrected chi connectivity index (χ3v) is 1.29. The molecule has 10 heavy (non-hydrogen) atoms. The zero-order chi connectivity index (χ0) is 7.56. The van der Waals surface area contributed by atoms with Gasteiger partial charge in [0.1, 0.15) is 18.1 Å². The predicted octanol–water partition coefficient (Wildman–Crippen LogP) is 0.792. The molecule has 1 atom stereocenters. The molecule has 0 aliphatic rings. The number of furan rings is 1. The van der Waals surface area contributed by atoms with E-state index >= 15 is 0 Å². The van der Waals surface area contributed by atoms with E-state index in [0.29, 0.717) is 11.5 Å². The van der Waals surface area contributed by atoms with Crippen LogP contribution in [0, 0.1) is 0 Å². The molecule has 0 radical (unpaired) electrons. The van der Waals surface area contributed by atoms with E-state index in [1.54, 1.807) is 12.1 Å². The average Bonchev–Trinajstić information content (AvgIpc) is 2.34. The SMILES string of the molecule is C[C@H](N)c1ccc(CO)o1. The molecule has 56 valence electrons. The standard InChI is InChI=1S/C7H11NO2/c1-5(8)7-3-2-6(4-9)10-7/h2-3,5,9H,4,8H2,1H3/t5-/m0/s1. The molecule has 0 spiro atoms. The van der Waals surface area contributed by atoms with Crippen LogP contribution in [0.4, 0.5) is 0 Å². The summed E-state index contributed by atoms with van der Waals surface area (Å²) in [6, 6.07) is 3.40. The van der Waals surface area contributed by atoms with E-state index in [2.05, 4.69) is 0 Å². The maximum absolute atomic E-state index is 8.60. The highest BCUT2D eigenvalue weighted by Gasteiger charge is 2.03. The molecule has 1 rings (SSSR count). The second kappa shape index (κ2) is 2.86. The third-order valence-electron chi connectivity index (χ3n) is 1.29. The van der Waals surface area contributed by atoms with E-state index in [9.17, 15) is 0 Å². The summed E-state index contributed by atoms with van der Waals surface area (Å²) in [6.07, 6.45) is 0. The summed E-state index contributed by atoms with van der Waals surface area (Å²) in [7, 11) is 0. The van der Waals surface area contributed by atoms with Crippen LogP contribution in [0.3, 0.4) is 0 Å². The lowest BCUT2D eigenvalue weighted by atomic mass is 10.3. The van der Waals surface area contributed by atoms with Gasteiger partial charge in [-0.2, -0.15) is 0 Å². The molecule has 0 bridgehead atoms. The molecule has 0 fully saturated rings. The summed E-state index contributed by atoms with van der Waals surface area (Å²) in [5.74, 6) is 1.27. The molecule has 3 nitrogen and oxygen atoms in total. The first kappa shape index (κ1) is 7.31. The van der Waals surface area contributed by atoms with Crippen molar-refractivity contribution >= 4 is 0 Å². The van der Waals surface area contributed by atoms with Gasteiger partial charge in [-0.15, -0.1) is 0 Å². The van der Waals surface area contributed by atoms with Crippen LogP contribution in [0.1, 0.15) is 24.5 Å². The van der Waals surface area contributed by atoms with Crippen molar-refractivity contribution in [3.63, 3.8) is 0 Å². The van der Waals surface area contributed by atoms with E-state index in [4.69, 9.17) is 15.3 Å². The van der Waals surface area contributed by atoms with Crippen molar-refractivity contribution in [2.24, 2.45) is 5.73 Å². The second-order valence-electron chi connectivity index (χ2n) is 2.25. The highest BCUT2D eigenvalue weighted by Crippen LogP contribution is 2.13. The van der Waals surface area contributed by atoms with E-state index in [-0.39, 0.29) is 12.6 Å². The summed E-state index contributed by atoms with van der Waals surface area (Å²) in [5.41, 5.74) is 5.51. The molecule has 0 saturated carbocycles. The zero-order valence-corrected chi connectivity index (χ0v) is 5.87. The van der Waals surface area contributed by atoms with Crippen molar-refractivity contribution < 1.29 is 9.52 Å². The fraction of sp³-hybridized carbons (Fsp3) is 0.429. The smallest absolute Gasteiger partial charge is 0.129 e. The molecule has 0 aliphatic heterocycles. The Kier molecular flexibility index (Phi) is 2.09. The van der Waals surface area contributed by atoms with Gasteiger partial charge in [0.25, 0.3) is 0 Å². The van der Waals surface area contributed by atoms with Gasteiger partial charge < -0.3 is 15.3 Å². The Morgan fingerprint density at radius 3 is 2.70 bits per heavy atom. The van der Waals surface area contributed by atoms with E-state index in [1.807, 2.05) is 6.92 Å².